The molecule has 0 heterocycles. The van der Waals surface area contributed by atoms with Crippen LogP contribution in [0.3, 0.4) is 0 Å². The Morgan fingerprint density at radius 2 is 2.21 bits per heavy atom. The van der Waals surface area contributed by atoms with E-state index in [1.165, 1.54) is 12.8 Å². The molecule has 82 valence electrons. The summed E-state index contributed by atoms with van der Waals surface area (Å²) in [7, 11) is 0. The lowest BCUT2D eigenvalue weighted by Gasteiger charge is -2.15. The summed E-state index contributed by atoms with van der Waals surface area (Å²) in [5.41, 5.74) is 5.70. The molecule has 3 nitrogen and oxygen atoms in total. The summed E-state index contributed by atoms with van der Waals surface area (Å²) in [4.78, 5) is 11.4. The second-order valence-electron chi connectivity index (χ2n) is 4.52. The number of hydrogen-bond donors (Lipinski definition) is 2. The fourth-order valence-corrected chi connectivity index (χ4v) is 1.63. The first-order chi connectivity index (χ1) is 6.61. The molecule has 0 aromatic carbocycles. The molecular weight excluding hydrogens is 176 g/mol. The van der Waals surface area contributed by atoms with Crippen molar-refractivity contribution in [3.8, 4) is 0 Å². The van der Waals surface area contributed by atoms with Gasteiger partial charge in [-0.3, -0.25) is 4.79 Å². The molecule has 2 unspecified atom stereocenters. The Balaban J connectivity index is 2.11. The van der Waals surface area contributed by atoms with Gasteiger partial charge in [0.05, 0.1) is 0 Å². The van der Waals surface area contributed by atoms with E-state index in [1.54, 1.807) is 0 Å². The predicted molar refractivity (Wildman–Crippen MR) is 57.8 cm³/mol. The lowest BCUT2D eigenvalue weighted by atomic mass is 10.1. The van der Waals surface area contributed by atoms with Gasteiger partial charge in [0.2, 0.25) is 5.91 Å². The molecule has 1 rings (SSSR count). The molecule has 14 heavy (non-hydrogen) atoms. The molecule has 0 bridgehead atoms. The van der Waals surface area contributed by atoms with Crippen LogP contribution in [0.2, 0.25) is 0 Å². The van der Waals surface area contributed by atoms with Gasteiger partial charge in [-0.1, -0.05) is 19.8 Å². The van der Waals surface area contributed by atoms with Crippen LogP contribution < -0.4 is 11.1 Å². The van der Waals surface area contributed by atoms with Crippen molar-refractivity contribution < 1.29 is 4.79 Å². The molecule has 1 fully saturated rings. The van der Waals surface area contributed by atoms with Crippen molar-refractivity contribution in [3.63, 3.8) is 0 Å². The summed E-state index contributed by atoms with van der Waals surface area (Å²) in [5, 5.41) is 3.00. The van der Waals surface area contributed by atoms with Crippen LogP contribution in [0, 0.1) is 5.92 Å². The van der Waals surface area contributed by atoms with Gasteiger partial charge in [0, 0.05) is 18.5 Å². The van der Waals surface area contributed by atoms with Gasteiger partial charge >= 0.3 is 0 Å². The van der Waals surface area contributed by atoms with Crippen molar-refractivity contribution in [1.82, 2.24) is 5.32 Å². The van der Waals surface area contributed by atoms with E-state index in [-0.39, 0.29) is 11.9 Å². The molecule has 0 aromatic heterocycles. The average molecular weight is 198 g/mol. The van der Waals surface area contributed by atoms with Crippen LogP contribution in [0.1, 0.15) is 46.0 Å². The minimum absolute atomic E-state index is 0.0168. The second-order valence-corrected chi connectivity index (χ2v) is 4.52. The predicted octanol–water partition coefficient (Wildman–Crippen LogP) is 1.42. The van der Waals surface area contributed by atoms with Crippen LogP contribution in [0.15, 0.2) is 0 Å². The molecule has 1 aliphatic rings. The largest absolute Gasteiger partial charge is 0.354 e. The maximum absolute atomic E-state index is 11.4. The highest BCUT2D eigenvalue weighted by Crippen LogP contribution is 2.33. The Hall–Kier alpha value is -0.570. The molecule has 1 saturated carbocycles. The fraction of sp³-hybridized carbons (Fsp3) is 0.909. The number of amides is 1. The molecule has 0 aromatic rings. The van der Waals surface area contributed by atoms with Crippen LogP contribution >= 0.6 is 0 Å². The van der Waals surface area contributed by atoms with Crippen molar-refractivity contribution in [3.05, 3.63) is 0 Å². The number of carbonyl (C=O) groups is 1. The third-order valence-corrected chi connectivity index (χ3v) is 2.76. The van der Waals surface area contributed by atoms with E-state index in [9.17, 15) is 4.79 Å². The Labute approximate surface area is 86.4 Å². The fourth-order valence-electron chi connectivity index (χ4n) is 1.63. The van der Waals surface area contributed by atoms with E-state index in [1.807, 2.05) is 6.92 Å². The van der Waals surface area contributed by atoms with Crippen LogP contribution in [-0.4, -0.2) is 18.0 Å². The summed E-state index contributed by atoms with van der Waals surface area (Å²) >= 11 is 0. The average Bonchev–Trinajstić information content (AvgIpc) is 2.87. The molecule has 0 saturated heterocycles. The van der Waals surface area contributed by atoms with Gasteiger partial charge in [0.1, 0.15) is 0 Å². The Kier molecular flexibility index (Phi) is 4.39. The molecule has 1 amide bonds. The van der Waals surface area contributed by atoms with Gasteiger partial charge in [0.25, 0.3) is 0 Å². The standard InChI is InChI=1S/C11H22N2O/c1-3-10(12)7-11(14)13-8(2)6-9-4-5-9/h8-10H,3-7,12H2,1-2H3,(H,13,14). The minimum Gasteiger partial charge on any atom is -0.354 e. The van der Waals surface area contributed by atoms with Crippen LogP contribution in [0.5, 0.6) is 0 Å². The van der Waals surface area contributed by atoms with Crippen molar-refractivity contribution in [2.75, 3.05) is 0 Å². The zero-order chi connectivity index (χ0) is 10.6. The minimum atomic E-state index is 0.0168. The monoisotopic (exact) mass is 198 g/mol. The highest BCUT2D eigenvalue weighted by molar-refractivity contribution is 5.76. The van der Waals surface area contributed by atoms with Crippen LogP contribution in [0.4, 0.5) is 0 Å². The van der Waals surface area contributed by atoms with Gasteiger partial charge in [-0.15, -0.1) is 0 Å². The van der Waals surface area contributed by atoms with Gasteiger partial charge in [-0.05, 0) is 25.7 Å². The third-order valence-electron chi connectivity index (χ3n) is 2.76. The lowest BCUT2D eigenvalue weighted by molar-refractivity contribution is -0.122. The zero-order valence-corrected chi connectivity index (χ0v) is 9.25. The quantitative estimate of drug-likeness (QED) is 0.678. The molecule has 1 aliphatic carbocycles. The van der Waals surface area contributed by atoms with E-state index in [4.69, 9.17) is 5.73 Å². The molecular formula is C11H22N2O. The SMILES string of the molecule is CCC(N)CC(=O)NC(C)CC1CC1. The smallest absolute Gasteiger partial charge is 0.221 e. The van der Waals surface area contributed by atoms with E-state index >= 15 is 0 Å². The van der Waals surface area contributed by atoms with E-state index in [0.29, 0.717) is 12.5 Å². The van der Waals surface area contributed by atoms with Crippen molar-refractivity contribution >= 4 is 5.91 Å². The lowest BCUT2D eigenvalue weighted by Crippen LogP contribution is -2.36. The van der Waals surface area contributed by atoms with E-state index in [2.05, 4.69) is 12.2 Å². The number of nitrogens with two attached hydrogens (primary N) is 1. The van der Waals surface area contributed by atoms with Crippen molar-refractivity contribution in [2.45, 2.75) is 58.0 Å². The van der Waals surface area contributed by atoms with Crippen molar-refractivity contribution in [2.24, 2.45) is 11.7 Å². The number of hydrogen-bond acceptors (Lipinski definition) is 2. The second kappa shape index (κ2) is 5.35. The molecule has 3 N–H and O–H groups in total. The van der Waals surface area contributed by atoms with Crippen LogP contribution in [0.25, 0.3) is 0 Å². The molecule has 3 heteroatoms. The molecule has 0 aliphatic heterocycles. The zero-order valence-electron chi connectivity index (χ0n) is 9.25. The summed E-state index contributed by atoms with van der Waals surface area (Å²) in [6.07, 6.45) is 5.15. The highest BCUT2D eigenvalue weighted by Gasteiger charge is 2.24. The normalized spacial score (nSPS) is 20.2. The van der Waals surface area contributed by atoms with Crippen LogP contribution in [-0.2, 0) is 4.79 Å². The number of carbonyl (C=O) groups excluding carboxylic acids is 1. The Morgan fingerprint density at radius 3 is 2.71 bits per heavy atom. The summed E-state index contributed by atoms with van der Waals surface area (Å²) in [6.45, 7) is 4.08. The first-order valence-electron chi connectivity index (χ1n) is 5.66. The topological polar surface area (TPSA) is 55.1 Å². The van der Waals surface area contributed by atoms with Gasteiger partial charge in [-0.25, -0.2) is 0 Å². The molecule has 2 atom stereocenters. The van der Waals surface area contributed by atoms with E-state index < -0.39 is 0 Å². The molecule has 0 radical (unpaired) electrons. The Morgan fingerprint density at radius 1 is 1.57 bits per heavy atom. The third kappa shape index (κ3) is 4.61. The Bertz CT molecular complexity index is 190. The summed E-state index contributed by atoms with van der Waals surface area (Å²) in [5.74, 6) is 0.970. The number of nitrogens with one attached hydrogen (secondary N) is 1. The molecule has 0 spiro atoms. The van der Waals surface area contributed by atoms with Crippen molar-refractivity contribution in [1.29, 1.82) is 0 Å². The summed E-state index contributed by atoms with van der Waals surface area (Å²) < 4.78 is 0. The van der Waals surface area contributed by atoms with Gasteiger partial charge < -0.3 is 11.1 Å². The summed E-state index contributed by atoms with van der Waals surface area (Å²) in [6, 6.07) is 0.335. The maximum atomic E-state index is 11.4. The highest BCUT2D eigenvalue weighted by atomic mass is 16.1. The van der Waals surface area contributed by atoms with E-state index in [0.717, 1.165) is 18.8 Å². The van der Waals surface area contributed by atoms with Gasteiger partial charge in [-0.2, -0.15) is 0 Å². The maximum Gasteiger partial charge on any atom is 0.221 e. The first-order valence-corrected chi connectivity index (χ1v) is 5.66. The number of rotatable bonds is 6. The van der Waals surface area contributed by atoms with Gasteiger partial charge in [0.15, 0.2) is 0 Å². The first kappa shape index (κ1) is 11.5.